The molecule has 1 N–H and O–H groups in total. The Kier molecular flexibility index (Phi) is 4.68. The van der Waals surface area contributed by atoms with Crippen molar-refractivity contribution in [2.24, 2.45) is 0 Å². The van der Waals surface area contributed by atoms with Gasteiger partial charge in [0.1, 0.15) is 12.1 Å². The molecule has 2 rings (SSSR count). The molecule has 2 aromatic rings. The van der Waals surface area contributed by atoms with E-state index in [9.17, 15) is 4.39 Å². The Morgan fingerprint density at radius 1 is 1.50 bits per heavy atom. The number of hydrogen-bond acceptors (Lipinski definition) is 5. The molecule has 0 radical (unpaired) electrons. The van der Waals surface area contributed by atoms with Crippen molar-refractivity contribution >= 4 is 23.3 Å². The van der Waals surface area contributed by atoms with E-state index in [4.69, 9.17) is 0 Å². The van der Waals surface area contributed by atoms with Crippen molar-refractivity contribution in [2.75, 3.05) is 6.54 Å². The molecule has 0 spiro atoms. The molecule has 6 heteroatoms. The summed E-state index contributed by atoms with van der Waals surface area (Å²) in [5.74, 6) is -0.212. The van der Waals surface area contributed by atoms with Crippen molar-refractivity contribution < 1.29 is 4.39 Å². The van der Waals surface area contributed by atoms with Crippen LogP contribution in [0.4, 0.5) is 4.39 Å². The van der Waals surface area contributed by atoms with E-state index in [1.54, 1.807) is 12.1 Å². The second kappa shape index (κ2) is 6.26. The third-order valence-corrected chi connectivity index (χ3v) is 4.29. The molecule has 0 aliphatic carbocycles. The van der Waals surface area contributed by atoms with Crippen LogP contribution in [-0.4, -0.2) is 15.9 Å². The molecule has 0 bridgehead atoms. The van der Waals surface area contributed by atoms with Gasteiger partial charge in [-0.2, -0.15) is 4.37 Å². The summed E-state index contributed by atoms with van der Waals surface area (Å²) in [6, 6.07) is 4.97. The summed E-state index contributed by atoms with van der Waals surface area (Å²) in [6.07, 6.45) is 1.53. The lowest BCUT2D eigenvalue weighted by Crippen LogP contribution is -2.18. The van der Waals surface area contributed by atoms with Crippen LogP contribution in [0.1, 0.15) is 25.5 Å². The van der Waals surface area contributed by atoms with Gasteiger partial charge < -0.3 is 5.32 Å². The van der Waals surface area contributed by atoms with Crippen molar-refractivity contribution in [1.29, 1.82) is 0 Å². The fraction of sp³-hybridized carbons (Fsp3) is 0.333. The number of benzene rings is 1. The Hall–Kier alpha value is -0.980. The highest BCUT2D eigenvalue weighted by Crippen LogP contribution is 2.34. The second-order valence-corrected chi connectivity index (χ2v) is 5.84. The Labute approximate surface area is 114 Å². The van der Waals surface area contributed by atoms with Crippen molar-refractivity contribution in [2.45, 2.75) is 29.1 Å². The normalized spacial score (nSPS) is 12.6. The fourth-order valence-corrected chi connectivity index (χ4v) is 3.27. The van der Waals surface area contributed by atoms with E-state index in [-0.39, 0.29) is 11.9 Å². The van der Waals surface area contributed by atoms with Crippen LogP contribution < -0.4 is 5.32 Å². The van der Waals surface area contributed by atoms with Gasteiger partial charge in [-0.3, -0.25) is 0 Å². The van der Waals surface area contributed by atoms with E-state index < -0.39 is 0 Å². The molecule has 0 aliphatic rings. The van der Waals surface area contributed by atoms with Gasteiger partial charge in [-0.1, -0.05) is 18.7 Å². The third kappa shape index (κ3) is 3.28. The van der Waals surface area contributed by atoms with E-state index >= 15 is 0 Å². The first-order valence-corrected chi connectivity index (χ1v) is 7.27. The molecule has 18 heavy (non-hydrogen) atoms. The van der Waals surface area contributed by atoms with Crippen molar-refractivity contribution in [1.82, 2.24) is 14.7 Å². The standard InChI is InChI=1S/C12H14FN3S2/c1-3-14-8(2)10-6-9(13)4-5-11(10)17-12-15-7-16-18-12/h4-8,14H,3H2,1-2H3. The second-order valence-electron chi connectivity index (χ2n) is 3.77. The Morgan fingerprint density at radius 3 is 3.00 bits per heavy atom. The average molecular weight is 283 g/mol. The molecular weight excluding hydrogens is 269 g/mol. The first kappa shape index (κ1) is 13.5. The molecule has 0 saturated heterocycles. The van der Waals surface area contributed by atoms with Crippen LogP contribution in [0.15, 0.2) is 33.8 Å². The predicted octanol–water partition coefficient (Wildman–Crippen LogP) is 3.50. The third-order valence-electron chi connectivity index (χ3n) is 2.49. The zero-order valence-electron chi connectivity index (χ0n) is 10.2. The van der Waals surface area contributed by atoms with E-state index in [0.717, 1.165) is 21.3 Å². The van der Waals surface area contributed by atoms with Crippen LogP contribution in [0.5, 0.6) is 0 Å². The fourth-order valence-electron chi connectivity index (χ4n) is 1.67. The summed E-state index contributed by atoms with van der Waals surface area (Å²) in [5.41, 5.74) is 0.956. The lowest BCUT2D eigenvalue weighted by Gasteiger charge is -2.16. The summed E-state index contributed by atoms with van der Waals surface area (Å²) in [6.45, 7) is 4.91. The van der Waals surface area contributed by atoms with Crippen LogP contribution in [0.25, 0.3) is 0 Å². The van der Waals surface area contributed by atoms with E-state index in [0.29, 0.717) is 0 Å². The van der Waals surface area contributed by atoms with Gasteiger partial charge in [0.15, 0.2) is 4.34 Å². The number of halogens is 1. The van der Waals surface area contributed by atoms with Gasteiger partial charge >= 0.3 is 0 Å². The summed E-state index contributed by atoms with van der Waals surface area (Å²) < 4.78 is 18.2. The molecule has 0 aliphatic heterocycles. The van der Waals surface area contributed by atoms with Crippen molar-refractivity contribution in [3.8, 4) is 0 Å². The van der Waals surface area contributed by atoms with Crippen LogP contribution in [0.3, 0.4) is 0 Å². The first-order valence-electron chi connectivity index (χ1n) is 5.68. The largest absolute Gasteiger partial charge is 0.310 e. The van der Waals surface area contributed by atoms with Crippen LogP contribution in [-0.2, 0) is 0 Å². The number of nitrogens with one attached hydrogen (secondary N) is 1. The highest BCUT2D eigenvalue weighted by Gasteiger charge is 2.13. The van der Waals surface area contributed by atoms with E-state index in [2.05, 4.69) is 14.7 Å². The molecule has 1 aromatic heterocycles. The summed E-state index contributed by atoms with van der Waals surface area (Å²) in [5, 5.41) is 3.30. The first-order chi connectivity index (χ1) is 8.70. The quantitative estimate of drug-likeness (QED) is 0.911. The molecule has 0 saturated carbocycles. The molecule has 1 unspecified atom stereocenters. The van der Waals surface area contributed by atoms with Gasteiger partial charge in [0.2, 0.25) is 0 Å². The maximum absolute atomic E-state index is 13.4. The minimum absolute atomic E-state index is 0.112. The maximum atomic E-state index is 13.4. The Bertz CT molecular complexity index is 502. The molecule has 96 valence electrons. The van der Waals surface area contributed by atoms with Gasteiger partial charge in [0, 0.05) is 10.9 Å². The summed E-state index contributed by atoms with van der Waals surface area (Å²) in [7, 11) is 0. The maximum Gasteiger partial charge on any atom is 0.174 e. The topological polar surface area (TPSA) is 37.8 Å². The van der Waals surface area contributed by atoms with E-state index in [1.807, 2.05) is 13.8 Å². The molecule has 0 amide bonds. The molecule has 1 aromatic carbocycles. The van der Waals surface area contributed by atoms with Crippen LogP contribution in [0, 0.1) is 5.82 Å². The van der Waals surface area contributed by atoms with Gasteiger partial charge in [-0.25, -0.2) is 9.37 Å². The predicted molar refractivity (Wildman–Crippen MR) is 72.5 cm³/mol. The van der Waals surface area contributed by atoms with Gasteiger partial charge in [0.05, 0.1) is 0 Å². The van der Waals surface area contributed by atoms with Gasteiger partial charge in [0.25, 0.3) is 0 Å². The Morgan fingerprint density at radius 2 is 2.33 bits per heavy atom. The minimum atomic E-state index is -0.212. The zero-order valence-corrected chi connectivity index (χ0v) is 11.8. The number of aromatic nitrogens is 2. The summed E-state index contributed by atoms with van der Waals surface area (Å²) in [4.78, 5) is 5.15. The highest BCUT2D eigenvalue weighted by molar-refractivity contribution is 8.01. The molecule has 1 heterocycles. The average Bonchev–Trinajstić information content (AvgIpc) is 2.84. The minimum Gasteiger partial charge on any atom is -0.310 e. The molecule has 0 fully saturated rings. The number of nitrogens with zero attached hydrogens (tertiary/aromatic N) is 2. The highest BCUT2D eigenvalue weighted by atomic mass is 32.2. The number of rotatable bonds is 5. The molecular formula is C12H14FN3S2. The lowest BCUT2D eigenvalue weighted by molar-refractivity contribution is 0.574. The van der Waals surface area contributed by atoms with Crippen LogP contribution in [0.2, 0.25) is 0 Å². The SMILES string of the molecule is CCNC(C)c1cc(F)ccc1Sc1ncns1. The Balaban J connectivity index is 2.28. The smallest absolute Gasteiger partial charge is 0.174 e. The molecule has 1 atom stereocenters. The zero-order chi connectivity index (χ0) is 13.0. The summed E-state index contributed by atoms with van der Waals surface area (Å²) >= 11 is 2.87. The van der Waals surface area contributed by atoms with E-state index in [1.165, 1.54) is 35.7 Å². The lowest BCUT2D eigenvalue weighted by atomic mass is 10.1. The van der Waals surface area contributed by atoms with Crippen LogP contribution >= 0.6 is 23.3 Å². The van der Waals surface area contributed by atoms with Gasteiger partial charge in [-0.05, 0) is 48.8 Å². The molecule has 3 nitrogen and oxygen atoms in total. The monoisotopic (exact) mass is 283 g/mol. The number of hydrogen-bond donors (Lipinski definition) is 1. The van der Waals surface area contributed by atoms with Crippen molar-refractivity contribution in [3.63, 3.8) is 0 Å². The van der Waals surface area contributed by atoms with Crippen molar-refractivity contribution in [3.05, 3.63) is 35.9 Å². The van der Waals surface area contributed by atoms with Gasteiger partial charge in [-0.15, -0.1) is 0 Å².